The minimum atomic E-state index is -0.0526. The summed E-state index contributed by atoms with van der Waals surface area (Å²) in [6, 6.07) is 10.1. The molecule has 1 aromatic carbocycles. The van der Waals surface area contributed by atoms with Crippen LogP contribution in [-0.4, -0.2) is 26.4 Å². The maximum Gasteiger partial charge on any atom is 0.234 e. The van der Waals surface area contributed by atoms with Gasteiger partial charge in [0.1, 0.15) is 0 Å². The molecule has 0 bridgehead atoms. The lowest BCUT2D eigenvalue weighted by atomic mass is 10.0. The number of thioether (sulfide) groups is 1. The summed E-state index contributed by atoms with van der Waals surface area (Å²) in [6.07, 6.45) is 0. The highest BCUT2D eigenvalue weighted by Gasteiger charge is 2.14. The molecule has 3 rings (SSSR count). The van der Waals surface area contributed by atoms with Crippen molar-refractivity contribution in [1.82, 2.24) is 14.8 Å². The van der Waals surface area contributed by atoms with Crippen LogP contribution in [0.1, 0.15) is 30.2 Å². The third kappa shape index (κ3) is 4.34. The smallest absolute Gasteiger partial charge is 0.234 e. The molecule has 0 fully saturated rings. The van der Waals surface area contributed by atoms with Gasteiger partial charge in [0.25, 0.3) is 0 Å². The van der Waals surface area contributed by atoms with E-state index in [1.54, 1.807) is 11.3 Å². The summed E-state index contributed by atoms with van der Waals surface area (Å²) >= 11 is 3.07. The molecule has 0 saturated carbocycles. The van der Waals surface area contributed by atoms with Gasteiger partial charge in [-0.25, -0.2) is 0 Å². The molecule has 0 saturated heterocycles. The minimum absolute atomic E-state index is 0.0526. The van der Waals surface area contributed by atoms with Crippen molar-refractivity contribution in [3.05, 3.63) is 46.2 Å². The van der Waals surface area contributed by atoms with Gasteiger partial charge in [0.05, 0.1) is 5.75 Å². The summed E-state index contributed by atoms with van der Waals surface area (Å²) in [6.45, 7) is 6.37. The molecule has 136 valence electrons. The lowest BCUT2D eigenvalue weighted by molar-refractivity contribution is -0.113. The molecular weight excluding hydrogens is 364 g/mol. The average molecular weight is 387 g/mol. The van der Waals surface area contributed by atoms with Gasteiger partial charge in [0.15, 0.2) is 11.0 Å². The lowest BCUT2D eigenvalue weighted by Gasteiger charge is -2.08. The van der Waals surface area contributed by atoms with E-state index in [1.165, 1.54) is 22.2 Å². The molecule has 0 radical (unpaired) electrons. The Hall–Kier alpha value is -2.12. The second-order valence-corrected chi connectivity index (χ2v) is 8.48. The molecule has 0 spiro atoms. The van der Waals surface area contributed by atoms with E-state index in [0.29, 0.717) is 11.7 Å². The molecule has 5 nitrogen and oxygen atoms in total. The normalized spacial score (nSPS) is 11.1. The zero-order valence-electron chi connectivity index (χ0n) is 15.3. The molecule has 7 heteroatoms. The molecule has 0 aliphatic heterocycles. The highest BCUT2D eigenvalue weighted by atomic mass is 32.2. The fraction of sp³-hybridized carbons (Fsp3) is 0.316. The maximum absolute atomic E-state index is 12.2. The first-order valence-electron chi connectivity index (χ1n) is 8.41. The number of carbonyl (C=O) groups excluding carboxylic acids is 1. The van der Waals surface area contributed by atoms with Crippen molar-refractivity contribution in [2.75, 3.05) is 11.1 Å². The van der Waals surface area contributed by atoms with Crippen LogP contribution in [0.15, 0.2) is 40.9 Å². The fourth-order valence-electron chi connectivity index (χ4n) is 2.53. The maximum atomic E-state index is 12.2. The van der Waals surface area contributed by atoms with E-state index in [4.69, 9.17) is 0 Å². The summed E-state index contributed by atoms with van der Waals surface area (Å²) in [4.78, 5) is 13.4. The first kappa shape index (κ1) is 18.7. The third-order valence-corrected chi connectivity index (χ3v) is 5.90. The Labute approximate surface area is 161 Å². The Kier molecular flexibility index (Phi) is 5.78. The van der Waals surface area contributed by atoms with Gasteiger partial charge in [0, 0.05) is 28.6 Å². The van der Waals surface area contributed by atoms with Crippen LogP contribution in [0.3, 0.4) is 0 Å². The summed E-state index contributed by atoms with van der Waals surface area (Å²) in [5, 5.41) is 14.2. The van der Waals surface area contributed by atoms with E-state index in [-0.39, 0.29) is 5.91 Å². The Balaban J connectivity index is 1.59. The van der Waals surface area contributed by atoms with Crippen LogP contribution >= 0.6 is 23.1 Å². The number of thiophene rings is 1. The first-order valence-corrected chi connectivity index (χ1v) is 10.3. The van der Waals surface area contributed by atoms with E-state index in [2.05, 4.69) is 47.7 Å². The van der Waals surface area contributed by atoms with Crippen LogP contribution in [0.4, 0.5) is 5.69 Å². The van der Waals surface area contributed by atoms with E-state index >= 15 is 0 Å². The van der Waals surface area contributed by atoms with Gasteiger partial charge >= 0.3 is 0 Å². The number of aromatic nitrogens is 3. The molecule has 0 aliphatic rings. The van der Waals surface area contributed by atoms with Crippen molar-refractivity contribution >= 4 is 34.7 Å². The molecule has 0 unspecified atom stereocenters. The van der Waals surface area contributed by atoms with Crippen LogP contribution in [-0.2, 0) is 11.8 Å². The van der Waals surface area contributed by atoms with Crippen molar-refractivity contribution in [1.29, 1.82) is 0 Å². The number of carbonyl (C=O) groups is 1. The van der Waals surface area contributed by atoms with Gasteiger partial charge in [-0.1, -0.05) is 37.7 Å². The minimum Gasteiger partial charge on any atom is -0.325 e. The van der Waals surface area contributed by atoms with E-state index in [0.717, 1.165) is 22.2 Å². The van der Waals surface area contributed by atoms with Crippen LogP contribution in [0.25, 0.3) is 11.4 Å². The van der Waals surface area contributed by atoms with Gasteiger partial charge in [-0.15, -0.1) is 21.5 Å². The Morgan fingerprint density at radius 2 is 2.00 bits per heavy atom. The number of rotatable bonds is 6. The molecule has 2 heterocycles. The van der Waals surface area contributed by atoms with Crippen LogP contribution < -0.4 is 5.32 Å². The van der Waals surface area contributed by atoms with Crippen LogP contribution in [0, 0.1) is 6.92 Å². The molecule has 1 N–H and O–H groups in total. The SMILES string of the molecule is Cc1cc(-c2nnc(SCC(=O)Nc3ccc(C(C)C)cc3)n2C)cs1. The van der Waals surface area contributed by atoms with E-state index < -0.39 is 0 Å². The third-order valence-electron chi connectivity index (χ3n) is 4.02. The summed E-state index contributed by atoms with van der Waals surface area (Å²) < 4.78 is 1.93. The molecule has 1 amide bonds. The molecular formula is C19H22N4OS2. The largest absolute Gasteiger partial charge is 0.325 e. The van der Waals surface area contributed by atoms with Crippen LogP contribution in [0.5, 0.6) is 0 Å². The Bertz CT molecular complexity index is 897. The number of anilines is 1. The highest BCUT2D eigenvalue weighted by molar-refractivity contribution is 7.99. The average Bonchev–Trinajstić information content (AvgIpc) is 3.19. The molecule has 3 aromatic rings. The Morgan fingerprint density at radius 3 is 2.62 bits per heavy atom. The first-order chi connectivity index (χ1) is 12.4. The topological polar surface area (TPSA) is 59.8 Å². The number of aryl methyl sites for hydroxylation is 1. The number of amides is 1. The predicted molar refractivity (Wildman–Crippen MR) is 109 cm³/mol. The Morgan fingerprint density at radius 1 is 1.27 bits per heavy atom. The molecule has 0 atom stereocenters. The van der Waals surface area contributed by atoms with Gasteiger partial charge < -0.3 is 9.88 Å². The number of nitrogens with one attached hydrogen (secondary N) is 1. The zero-order chi connectivity index (χ0) is 18.7. The molecule has 0 aliphatic carbocycles. The fourth-order valence-corrected chi connectivity index (χ4v) is 3.92. The van der Waals surface area contributed by atoms with Gasteiger partial charge in [0.2, 0.25) is 5.91 Å². The number of nitrogens with zero attached hydrogens (tertiary/aromatic N) is 3. The zero-order valence-corrected chi connectivity index (χ0v) is 16.9. The van der Waals surface area contributed by atoms with Crippen molar-refractivity contribution < 1.29 is 4.79 Å². The number of benzene rings is 1. The number of hydrogen-bond acceptors (Lipinski definition) is 5. The number of hydrogen-bond donors (Lipinski definition) is 1. The summed E-state index contributed by atoms with van der Waals surface area (Å²) in [7, 11) is 1.92. The standard InChI is InChI=1S/C19H22N4OS2/c1-12(2)14-5-7-16(8-6-14)20-17(24)11-26-19-22-21-18(23(19)4)15-9-13(3)25-10-15/h5-10,12H,11H2,1-4H3,(H,20,24). The van der Waals surface area contributed by atoms with Crippen LogP contribution in [0.2, 0.25) is 0 Å². The van der Waals surface area contributed by atoms with Crippen molar-refractivity contribution in [2.45, 2.75) is 31.8 Å². The van der Waals surface area contributed by atoms with Crippen molar-refractivity contribution in [3.63, 3.8) is 0 Å². The molecule has 26 heavy (non-hydrogen) atoms. The van der Waals surface area contributed by atoms with Gasteiger partial charge in [-0.3, -0.25) is 4.79 Å². The van der Waals surface area contributed by atoms with E-state index in [9.17, 15) is 4.79 Å². The second kappa shape index (κ2) is 8.05. The van der Waals surface area contributed by atoms with E-state index in [1.807, 2.05) is 35.9 Å². The summed E-state index contributed by atoms with van der Waals surface area (Å²) in [5.41, 5.74) is 3.13. The van der Waals surface area contributed by atoms with Gasteiger partial charge in [-0.05, 0) is 36.6 Å². The van der Waals surface area contributed by atoms with Crippen molar-refractivity contribution in [2.24, 2.45) is 7.05 Å². The molecule has 2 aromatic heterocycles. The summed E-state index contributed by atoms with van der Waals surface area (Å²) in [5.74, 6) is 1.54. The lowest BCUT2D eigenvalue weighted by Crippen LogP contribution is -2.14. The highest BCUT2D eigenvalue weighted by Crippen LogP contribution is 2.26. The van der Waals surface area contributed by atoms with Crippen molar-refractivity contribution in [3.8, 4) is 11.4 Å². The monoisotopic (exact) mass is 386 g/mol. The quantitative estimate of drug-likeness (QED) is 0.624. The predicted octanol–water partition coefficient (Wildman–Crippen LogP) is 4.71. The van der Waals surface area contributed by atoms with Gasteiger partial charge in [-0.2, -0.15) is 0 Å². The second-order valence-electron chi connectivity index (χ2n) is 6.42.